The number of nitrogens with zero attached hydrogens (tertiary/aromatic N) is 2. The predicted octanol–water partition coefficient (Wildman–Crippen LogP) is 5.04. The van der Waals surface area contributed by atoms with Crippen LogP contribution in [0.4, 0.5) is 15.8 Å². The van der Waals surface area contributed by atoms with Gasteiger partial charge in [-0.2, -0.15) is 5.10 Å². The van der Waals surface area contributed by atoms with E-state index in [0.717, 1.165) is 5.56 Å². The standard InChI is InChI=1S/C25H20ClFN4O3/c1-31-25(33)23(22(15-29-31)34-21-12-6-18(26)7-13-21)30-20-10-4-17(5-11-20)24(32)28-14-16-2-8-19(27)9-3-16/h2-13,15,30H,14H2,1H3,(H,28,32). The Labute approximate surface area is 199 Å². The third-order valence-corrected chi connectivity index (χ3v) is 5.18. The van der Waals surface area contributed by atoms with Crippen LogP contribution < -0.4 is 20.9 Å². The lowest BCUT2D eigenvalue weighted by molar-refractivity contribution is 0.0951. The number of ether oxygens (including phenoxy) is 1. The van der Waals surface area contributed by atoms with Gasteiger partial charge in [0.05, 0.1) is 6.20 Å². The van der Waals surface area contributed by atoms with Crippen LogP contribution in [0, 0.1) is 5.82 Å². The van der Waals surface area contributed by atoms with Gasteiger partial charge in [-0.15, -0.1) is 0 Å². The molecule has 0 fully saturated rings. The molecule has 0 bridgehead atoms. The van der Waals surface area contributed by atoms with Crippen molar-refractivity contribution in [1.29, 1.82) is 0 Å². The van der Waals surface area contributed by atoms with E-state index in [4.69, 9.17) is 16.3 Å². The Bertz CT molecular complexity index is 1360. The maximum Gasteiger partial charge on any atom is 0.294 e. The summed E-state index contributed by atoms with van der Waals surface area (Å²) in [5.74, 6) is 0.133. The third kappa shape index (κ3) is 5.60. The van der Waals surface area contributed by atoms with Gasteiger partial charge in [0.2, 0.25) is 0 Å². The van der Waals surface area contributed by atoms with Crippen molar-refractivity contribution in [2.45, 2.75) is 6.54 Å². The molecule has 0 saturated heterocycles. The minimum atomic E-state index is -0.382. The van der Waals surface area contributed by atoms with Crippen molar-refractivity contribution in [2.75, 3.05) is 5.32 Å². The van der Waals surface area contributed by atoms with E-state index < -0.39 is 0 Å². The Morgan fingerprint density at radius 1 is 1.03 bits per heavy atom. The van der Waals surface area contributed by atoms with E-state index in [0.29, 0.717) is 22.0 Å². The Morgan fingerprint density at radius 2 is 1.71 bits per heavy atom. The smallest absolute Gasteiger partial charge is 0.294 e. The molecule has 0 aliphatic heterocycles. The van der Waals surface area contributed by atoms with Crippen LogP contribution in [-0.4, -0.2) is 15.7 Å². The molecular weight excluding hydrogens is 459 g/mol. The van der Waals surface area contributed by atoms with Gasteiger partial charge in [-0.1, -0.05) is 23.7 Å². The molecule has 34 heavy (non-hydrogen) atoms. The quantitative estimate of drug-likeness (QED) is 0.389. The Morgan fingerprint density at radius 3 is 2.38 bits per heavy atom. The topological polar surface area (TPSA) is 85.2 Å². The highest BCUT2D eigenvalue weighted by molar-refractivity contribution is 6.30. The molecule has 0 atom stereocenters. The molecule has 9 heteroatoms. The summed E-state index contributed by atoms with van der Waals surface area (Å²) in [4.78, 5) is 25.1. The molecule has 1 heterocycles. The monoisotopic (exact) mass is 478 g/mol. The first-order valence-electron chi connectivity index (χ1n) is 10.3. The van der Waals surface area contributed by atoms with Crippen molar-refractivity contribution in [2.24, 2.45) is 7.05 Å². The summed E-state index contributed by atoms with van der Waals surface area (Å²) in [7, 11) is 1.54. The average Bonchev–Trinajstić information content (AvgIpc) is 2.85. The molecule has 0 aliphatic rings. The van der Waals surface area contributed by atoms with Crippen LogP contribution in [0.1, 0.15) is 15.9 Å². The van der Waals surface area contributed by atoms with Crippen molar-refractivity contribution in [3.63, 3.8) is 0 Å². The van der Waals surface area contributed by atoms with Crippen LogP contribution in [0.15, 0.2) is 83.8 Å². The second-order valence-electron chi connectivity index (χ2n) is 7.38. The molecule has 2 N–H and O–H groups in total. The van der Waals surface area contributed by atoms with Gasteiger partial charge in [-0.05, 0) is 66.2 Å². The summed E-state index contributed by atoms with van der Waals surface area (Å²) in [6.45, 7) is 0.275. The van der Waals surface area contributed by atoms with E-state index >= 15 is 0 Å². The molecule has 7 nitrogen and oxygen atoms in total. The summed E-state index contributed by atoms with van der Waals surface area (Å²) in [5, 5.41) is 10.4. The minimum absolute atomic E-state index is 0.195. The number of aryl methyl sites for hydroxylation is 1. The second kappa shape index (κ2) is 10.2. The lowest BCUT2D eigenvalue weighted by atomic mass is 10.1. The number of nitrogens with one attached hydrogen (secondary N) is 2. The zero-order chi connectivity index (χ0) is 24.1. The summed E-state index contributed by atoms with van der Waals surface area (Å²) in [6.07, 6.45) is 1.44. The van der Waals surface area contributed by atoms with Crippen LogP contribution in [0.3, 0.4) is 0 Å². The molecule has 0 unspecified atom stereocenters. The van der Waals surface area contributed by atoms with Crippen LogP contribution in [0.5, 0.6) is 11.5 Å². The largest absolute Gasteiger partial charge is 0.453 e. The van der Waals surface area contributed by atoms with E-state index in [-0.39, 0.29) is 35.3 Å². The number of carbonyl (C=O) groups excluding carboxylic acids is 1. The van der Waals surface area contributed by atoms with Gasteiger partial charge < -0.3 is 15.4 Å². The number of carbonyl (C=O) groups is 1. The fraction of sp³-hybridized carbons (Fsp3) is 0.0800. The number of hydrogen-bond donors (Lipinski definition) is 2. The van der Waals surface area contributed by atoms with Crippen LogP contribution >= 0.6 is 11.6 Å². The van der Waals surface area contributed by atoms with E-state index in [1.54, 1.807) is 60.7 Å². The molecular formula is C25H20ClFN4O3. The molecule has 4 rings (SSSR count). The summed E-state index contributed by atoms with van der Waals surface area (Å²) < 4.78 is 20.0. The predicted molar refractivity (Wildman–Crippen MR) is 128 cm³/mol. The van der Waals surface area contributed by atoms with Gasteiger partial charge in [0.1, 0.15) is 11.6 Å². The molecule has 172 valence electrons. The second-order valence-corrected chi connectivity index (χ2v) is 7.82. The summed E-state index contributed by atoms with van der Waals surface area (Å²) in [6, 6.07) is 19.3. The number of benzene rings is 3. The Balaban J connectivity index is 1.47. The molecule has 0 saturated carbocycles. The SMILES string of the molecule is Cn1ncc(Oc2ccc(Cl)cc2)c(Nc2ccc(C(=O)NCc3ccc(F)cc3)cc2)c1=O. The van der Waals surface area contributed by atoms with Crippen LogP contribution in [0.25, 0.3) is 0 Å². The zero-order valence-corrected chi connectivity index (χ0v) is 18.8. The van der Waals surface area contributed by atoms with Gasteiger partial charge >= 0.3 is 0 Å². The lowest BCUT2D eigenvalue weighted by Crippen LogP contribution is -2.23. The molecule has 0 radical (unpaired) electrons. The fourth-order valence-corrected chi connectivity index (χ4v) is 3.21. The van der Waals surface area contributed by atoms with Crippen molar-refractivity contribution >= 4 is 28.9 Å². The highest BCUT2D eigenvalue weighted by Crippen LogP contribution is 2.29. The lowest BCUT2D eigenvalue weighted by Gasteiger charge is -2.13. The number of rotatable bonds is 7. The summed E-state index contributed by atoms with van der Waals surface area (Å²) >= 11 is 5.92. The molecule has 0 aliphatic carbocycles. The van der Waals surface area contributed by atoms with E-state index in [1.165, 1.54) is 30.1 Å². The molecule has 3 aromatic carbocycles. The van der Waals surface area contributed by atoms with Crippen molar-refractivity contribution in [3.05, 3.63) is 111 Å². The number of aromatic nitrogens is 2. The molecule has 1 aromatic heterocycles. The van der Waals surface area contributed by atoms with Crippen molar-refractivity contribution in [3.8, 4) is 11.5 Å². The van der Waals surface area contributed by atoms with Gasteiger partial charge in [0.25, 0.3) is 11.5 Å². The maximum atomic E-state index is 13.0. The average molecular weight is 479 g/mol. The Kier molecular flexibility index (Phi) is 6.89. The van der Waals surface area contributed by atoms with Crippen LogP contribution in [-0.2, 0) is 13.6 Å². The van der Waals surface area contributed by atoms with Gasteiger partial charge in [0.15, 0.2) is 11.4 Å². The van der Waals surface area contributed by atoms with Gasteiger partial charge in [0, 0.05) is 29.9 Å². The normalized spacial score (nSPS) is 10.6. The number of hydrogen-bond acceptors (Lipinski definition) is 5. The number of halogens is 2. The highest BCUT2D eigenvalue weighted by Gasteiger charge is 2.14. The molecule has 4 aromatic rings. The van der Waals surface area contributed by atoms with Gasteiger partial charge in [-0.3, -0.25) is 9.59 Å². The minimum Gasteiger partial charge on any atom is -0.453 e. The fourth-order valence-electron chi connectivity index (χ4n) is 3.08. The molecule has 0 spiro atoms. The van der Waals surface area contributed by atoms with Gasteiger partial charge in [-0.25, -0.2) is 9.07 Å². The van der Waals surface area contributed by atoms with E-state index in [1.807, 2.05) is 0 Å². The first-order chi connectivity index (χ1) is 16.4. The number of amides is 1. The first kappa shape index (κ1) is 23.0. The molecule has 1 amide bonds. The maximum absolute atomic E-state index is 13.0. The van der Waals surface area contributed by atoms with Crippen molar-refractivity contribution < 1.29 is 13.9 Å². The highest BCUT2D eigenvalue weighted by atomic mass is 35.5. The van der Waals surface area contributed by atoms with E-state index in [2.05, 4.69) is 15.7 Å². The summed E-state index contributed by atoms with van der Waals surface area (Å²) in [5.41, 5.74) is 1.62. The third-order valence-electron chi connectivity index (χ3n) is 4.93. The van der Waals surface area contributed by atoms with Crippen molar-refractivity contribution in [1.82, 2.24) is 15.1 Å². The number of anilines is 2. The first-order valence-corrected chi connectivity index (χ1v) is 10.7. The Hall–Kier alpha value is -4.17. The van der Waals surface area contributed by atoms with E-state index in [9.17, 15) is 14.0 Å². The van der Waals surface area contributed by atoms with Crippen LogP contribution in [0.2, 0.25) is 5.02 Å². The zero-order valence-electron chi connectivity index (χ0n) is 18.1.